The van der Waals surface area contributed by atoms with Crippen LogP contribution in [0.3, 0.4) is 0 Å². The third-order valence-electron chi connectivity index (χ3n) is 9.46. The summed E-state index contributed by atoms with van der Waals surface area (Å²) in [4.78, 5) is 62.8. The molecule has 0 unspecified atom stereocenters. The summed E-state index contributed by atoms with van der Waals surface area (Å²) in [5, 5.41) is 8.65. The van der Waals surface area contributed by atoms with E-state index in [1.54, 1.807) is 45.6 Å². The molecule has 2 aromatic carbocycles. The van der Waals surface area contributed by atoms with E-state index < -0.39 is 11.7 Å². The molecule has 0 bridgehead atoms. The molecule has 0 atom stereocenters. The van der Waals surface area contributed by atoms with Gasteiger partial charge in [0.1, 0.15) is 5.60 Å². The first-order valence-electron chi connectivity index (χ1n) is 17.1. The summed E-state index contributed by atoms with van der Waals surface area (Å²) in [5.41, 5.74) is 7.73. The summed E-state index contributed by atoms with van der Waals surface area (Å²) >= 11 is 0. The van der Waals surface area contributed by atoms with Crippen molar-refractivity contribution in [2.75, 3.05) is 0 Å². The molecule has 53 heavy (non-hydrogen) atoms. The van der Waals surface area contributed by atoms with E-state index in [9.17, 15) is 14.4 Å². The van der Waals surface area contributed by atoms with Gasteiger partial charge in [-0.25, -0.2) is 9.69 Å². The molecule has 0 fully saturated rings. The maximum absolute atomic E-state index is 13.0. The van der Waals surface area contributed by atoms with Crippen molar-refractivity contribution in [1.82, 2.24) is 40.1 Å². The van der Waals surface area contributed by atoms with E-state index in [1.165, 1.54) is 0 Å². The first-order chi connectivity index (χ1) is 25.6. The lowest BCUT2D eigenvalue weighted by atomic mass is 10.0. The Bertz CT molecular complexity index is 2790. The smallest absolute Gasteiger partial charge is 0.417 e. The average molecular weight is 701 g/mol. The van der Waals surface area contributed by atoms with Gasteiger partial charge >= 0.3 is 6.09 Å². The van der Waals surface area contributed by atoms with Crippen LogP contribution >= 0.6 is 0 Å². The number of hydrogen-bond donors (Lipinski definition) is 3. The van der Waals surface area contributed by atoms with E-state index in [0.29, 0.717) is 17.8 Å². The van der Waals surface area contributed by atoms with E-state index >= 15 is 0 Å². The monoisotopic (exact) mass is 700 g/mol. The normalized spacial score (nSPS) is 13.7. The number of carbonyl (C=O) groups excluding carboxylic acids is 3. The number of nitrogens with zero attached hydrogens (tertiary/aromatic N) is 5. The second-order valence-electron chi connectivity index (χ2n) is 14.1. The van der Waals surface area contributed by atoms with Crippen molar-refractivity contribution in [2.24, 2.45) is 0 Å². The Morgan fingerprint density at radius 2 is 1.28 bits per heavy atom. The summed E-state index contributed by atoms with van der Waals surface area (Å²) < 4.78 is 5.38. The fraction of sp³-hybridized carbons (Fsp3) is 0.146. The van der Waals surface area contributed by atoms with Gasteiger partial charge in [0.15, 0.2) is 0 Å². The lowest BCUT2D eigenvalue weighted by Gasteiger charge is -2.23. The van der Waals surface area contributed by atoms with Crippen LogP contribution in [0.1, 0.15) is 52.9 Å². The Balaban J connectivity index is 0.000000145. The highest BCUT2D eigenvalue weighted by Gasteiger charge is 2.38. The van der Waals surface area contributed by atoms with E-state index in [0.717, 1.165) is 82.0 Å². The molecular weight excluding hydrogens is 669 g/mol. The van der Waals surface area contributed by atoms with Gasteiger partial charge in [0.05, 0.1) is 46.6 Å². The van der Waals surface area contributed by atoms with Gasteiger partial charge in [-0.05, 0) is 57.2 Å². The number of imide groups is 1. The second kappa shape index (κ2) is 12.1. The molecule has 260 valence electrons. The number of carbonyl (C=O) groups is 3. The number of nitrogens with one attached hydrogen (secondary N) is 3. The number of rotatable bonds is 2. The Morgan fingerprint density at radius 3 is 1.83 bits per heavy atom. The molecule has 2 aliphatic rings. The zero-order valence-corrected chi connectivity index (χ0v) is 29.0. The molecule has 0 aliphatic carbocycles. The highest BCUT2D eigenvalue weighted by Crippen LogP contribution is 2.36. The zero-order valence-electron chi connectivity index (χ0n) is 29.0. The van der Waals surface area contributed by atoms with Crippen LogP contribution in [0.2, 0.25) is 0 Å². The van der Waals surface area contributed by atoms with Gasteiger partial charge in [-0.1, -0.05) is 24.3 Å². The van der Waals surface area contributed by atoms with Crippen molar-refractivity contribution in [1.29, 1.82) is 0 Å². The molecule has 3 N–H and O–H groups in total. The fourth-order valence-corrected chi connectivity index (χ4v) is 7.06. The Hall–Kier alpha value is -6.95. The molecule has 0 saturated carbocycles. The van der Waals surface area contributed by atoms with Crippen molar-refractivity contribution >= 4 is 61.3 Å². The van der Waals surface area contributed by atoms with Crippen LogP contribution in [0, 0.1) is 0 Å². The minimum absolute atomic E-state index is 0.00728. The number of H-pyrrole nitrogens is 2. The predicted octanol–water partition coefficient (Wildman–Crippen LogP) is 7.69. The van der Waals surface area contributed by atoms with Gasteiger partial charge in [-0.15, -0.1) is 0 Å². The highest BCUT2D eigenvalue weighted by atomic mass is 16.6. The van der Waals surface area contributed by atoms with Gasteiger partial charge in [-0.2, -0.15) is 0 Å². The van der Waals surface area contributed by atoms with Crippen LogP contribution < -0.4 is 5.32 Å². The first-order valence-corrected chi connectivity index (χ1v) is 17.1. The SMILES string of the molecule is CC(C)(C)OC(=O)N1Cc2[nH]c3c(ccc4cnc(-c5cccnc5)cc43)c2C1=O.O=C1NCc2[nH]c3c(ccc4cnc(-c5cccnc5)cc43)c21. The zero-order chi connectivity index (χ0) is 36.4. The minimum Gasteiger partial charge on any atom is -0.443 e. The number of pyridine rings is 4. The van der Waals surface area contributed by atoms with Gasteiger partial charge in [-0.3, -0.25) is 29.5 Å². The molecule has 8 heterocycles. The van der Waals surface area contributed by atoms with Gasteiger partial charge < -0.3 is 20.0 Å². The second-order valence-corrected chi connectivity index (χ2v) is 14.1. The maximum atomic E-state index is 13.0. The summed E-state index contributed by atoms with van der Waals surface area (Å²) in [6, 6.07) is 19.6. The lowest BCUT2D eigenvalue weighted by molar-refractivity contribution is 0.0247. The molecule has 6 aromatic heterocycles. The summed E-state index contributed by atoms with van der Waals surface area (Å²) in [6.45, 7) is 6.06. The molecule has 2 aliphatic heterocycles. The molecule has 12 nitrogen and oxygen atoms in total. The van der Waals surface area contributed by atoms with Crippen molar-refractivity contribution in [3.8, 4) is 22.5 Å². The molecular formula is C41H32N8O4. The number of ether oxygens (including phenoxy) is 1. The molecule has 10 rings (SSSR count). The van der Waals surface area contributed by atoms with Crippen LogP contribution in [0.4, 0.5) is 4.79 Å². The van der Waals surface area contributed by atoms with Gasteiger partial charge in [0.2, 0.25) is 0 Å². The molecule has 0 radical (unpaired) electrons. The van der Waals surface area contributed by atoms with Crippen molar-refractivity contribution in [2.45, 2.75) is 39.5 Å². The van der Waals surface area contributed by atoms with Crippen LogP contribution in [0.5, 0.6) is 0 Å². The minimum atomic E-state index is -0.665. The first kappa shape index (κ1) is 32.0. The third-order valence-corrected chi connectivity index (χ3v) is 9.46. The number of hydrogen-bond acceptors (Lipinski definition) is 8. The summed E-state index contributed by atoms with van der Waals surface area (Å²) in [7, 11) is 0. The molecule has 0 saturated heterocycles. The van der Waals surface area contributed by atoms with Crippen LogP contribution in [0.15, 0.2) is 97.8 Å². The largest absolute Gasteiger partial charge is 0.443 e. The standard InChI is InChI=1S/C23H20N4O3.C18H12N4O/c1-23(2,3)30-22(29)27-12-18-19(21(27)28)15-7-6-13-11-25-17(9-16(13)20(15)26-18)14-5-4-8-24-10-14;23-18-16-12-4-3-10-8-20-14(11-2-1-5-19-7-11)6-13(10)17(12)22-15(16)9-21-18/h4-11,26H,12H2,1-3H3;1-8,22H,9H2,(H,21,23). The van der Waals surface area contributed by atoms with E-state index in [2.05, 4.69) is 41.3 Å². The Morgan fingerprint density at radius 1 is 0.717 bits per heavy atom. The average Bonchev–Trinajstić information content (AvgIpc) is 3.92. The lowest BCUT2D eigenvalue weighted by Crippen LogP contribution is -2.37. The number of benzene rings is 2. The van der Waals surface area contributed by atoms with Crippen LogP contribution in [-0.4, -0.2) is 58.3 Å². The van der Waals surface area contributed by atoms with E-state index in [-0.39, 0.29) is 18.4 Å². The number of aromatic nitrogens is 6. The summed E-state index contributed by atoms with van der Waals surface area (Å²) in [6.07, 6.45) is 10.1. The van der Waals surface area contributed by atoms with Gasteiger partial charge in [0, 0.05) is 92.0 Å². The van der Waals surface area contributed by atoms with Crippen molar-refractivity contribution in [3.05, 3.63) is 120 Å². The number of fused-ring (bicyclic) bond motifs is 10. The highest BCUT2D eigenvalue weighted by molar-refractivity contribution is 6.19. The maximum Gasteiger partial charge on any atom is 0.417 e. The topological polar surface area (TPSA) is 159 Å². The van der Waals surface area contributed by atoms with E-state index in [4.69, 9.17) is 4.74 Å². The molecule has 12 heteroatoms. The van der Waals surface area contributed by atoms with Crippen molar-refractivity contribution < 1.29 is 19.1 Å². The predicted molar refractivity (Wildman–Crippen MR) is 201 cm³/mol. The van der Waals surface area contributed by atoms with Crippen molar-refractivity contribution in [3.63, 3.8) is 0 Å². The van der Waals surface area contributed by atoms with Crippen LogP contribution in [-0.2, 0) is 17.8 Å². The quantitative estimate of drug-likeness (QED) is 0.166. The van der Waals surface area contributed by atoms with Gasteiger partial charge in [0.25, 0.3) is 11.8 Å². The van der Waals surface area contributed by atoms with E-state index in [1.807, 2.05) is 67.0 Å². The number of aromatic amines is 2. The Kier molecular flexibility index (Phi) is 7.29. The fourth-order valence-electron chi connectivity index (χ4n) is 7.06. The summed E-state index contributed by atoms with van der Waals surface area (Å²) in [5.74, 6) is -0.349. The third kappa shape index (κ3) is 5.51. The van der Waals surface area contributed by atoms with Crippen LogP contribution in [0.25, 0.3) is 65.9 Å². The Labute approximate surface area is 302 Å². The molecule has 0 spiro atoms. The molecule has 3 amide bonds. The molecule has 8 aromatic rings. The number of amides is 3.